The first-order valence-corrected chi connectivity index (χ1v) is 5.61. The van der Waals surface area contributed by atoms with E-state index in [1.165, 1.54) is 18.2 Å². The molecule has 0 bridgehead atoms. The fraction of sp³-hybridized carbons (Fsp3) is 0.200. The van der Waals surface area contributed by atoms with E-state index in [0.717, 1.165) is 17.6 Å². The maximum absolute atomic E-state index is 12.7. The molecule has 0 spiro atoms. The van der Waals surface area contributed by atoms with E-state index >= 15 is 0 Å². The van der Waals surface area contributed by atoms with Gasteiger partial charge in [0.1, 0.15) is 23.1 Å². The third-order valence-corrected chi connectivity index (χ3v) is 2.74. The van der Waals surface area contributed by atoms with Crippen molar-refractivity contribution in [2.45, 2.75) is 12.8 Å². The fourth-order valence-electron chi connectivity index (χ4n) is 1.29. The number of aromatic nitrogens is 2. The van der Waals surface area contributed by atoms with E-state index < -0.39 is 11.7 Å². The van der Waals surface area contributed by atoms with Gasteiger partial charge < -0.3 is 10.5 Å². The summed E-state index contributed by atoms with van der Waals surface area (Å²) in [6.07, 6.45) is -4.46. The first-order chi connectivity index (χ1) is 8.48. The Kier molecular flexibility index (Phi) is 3.37. The van der Waals surface area contributed by atoms with Gasteiger partial charge in [-0.25, -0.2) is 0 Å². The Hall–Kier alpha value is -1.83. The minimum absolute atomic E-state index is 0.143. The van der Waals surface area contributed by atoms with Crippen LogP contribution in [-0.4, -0.2) is 9.59 Å². The monoisotopic (exact) mass is 275 g/mol. The fourth-order valence-corrected chi connectivity index (χ4v) is 1.72. The Labute approximate surface area is 104 Å². The van der Waals surface area contributed by atoms with Crippen LogP contribution in [0.3, 0.4) is 0 Å². The van der Waals surface area contributed by atoms with Crippen LogP contribution in [0.4, 0.5) is 18.2 Å². The number of anilines is 1. The molecule has 0 atom stereocenters. The molecule has 96 valence electrons. The third-order valence-electron chi connectivity index (χ3n) is 2.14. The molecule has 2 rings (SSSR count). The maximum atomic E-state index is 12.7. The Morgan fingerprint density at radius 2 is 2.00 bits per heavy atom. The lowest BCUT2D eigenvalue weighted by molar-refractivity contribution is -0.139. The standard InChI is InChI=1S/C10H8F3N3OS/c11-10(12,13)6-3-1-2-4-8(6)17-5-7-9(14)18-16-15-7/h1-4H,5,14H2. The summed E-state index contributed by atoms with van der Waals surface area (Å²) in [6, 6.07) is 4.97. The van der Waals surface area contributed by atoms with Gasteiger partial charge in [0.15, 0.2) is 0 Å². The second kappa shape index (κ2) is 4.81. The Morgan fingerprint density at radius 3 is 2.61 bits per heavy atom. The number of nitrogens with zero attached hydrogens (tertiary/aromatic N) is 2. The maximum Gasteiger partial charge on any atom is 0.419 e. The normalized spacial score (nSPS) is 11.5. The lowest BCUT2D eigenvalue weighted by Crippen LogP contribution is -2.09. The quantitative estimate of drug-likeness (QED) is 0.935. The van der Waals surface area contributed by atoms with Crippen LogP contribution < -0.4 is 10.5 Å². The second-order valence-electron chi connectivity index (χ2n) is 3.37. The van der Waals surface area contributed by atoms with Crippen molar-refractivity contribution in [3.05, 3.63) is 35.5 Å². The molecule has 0 unspecified atom stereocenters. The van der Waals surface area contributed by atoms with Crippen LogP contribution in [0.2, 0.25) is 0 Å². The summed E-state index contributed by atoms with van der Waals surface area (Å²) in [5, 5.41) is 3.99. The van der Waals surface area contributed by atoms with E-state index in [1.54, 1.807) is 0 Å². The number of nitrogen functional groups attached to an aromatic ring is 1. The molecule has 2 N–H and O–H groups in total. The van der Waals surface area contributed by atoms with Crippen LogP contribution in [-0.2, 0) is 12.8 Å². The number of hydrogen-bond acceptors (Lipinski definition) is 5. The number of ether oxygens (including phenoxy) is 1. The van der Waals surface area contributed by atoms with Gasteiger partial charge in [0.2, 0.25) is 0 Å². The molecule has 0 saturated carbocycles. The lowest BCUT2D eigenvalue weighted by atomic mass is 10.2. The Balaban J connectivity index is 2.17. The van der Waals surface area contributed by atoms with E-state index in [4.69, 9.17) is 10.5 Å². The highest BCUT2D eigenvalue weighted by atomic mass is 32.1. The van der Waals surface area contributed by atoms with E-state index in [0.29, 0.717) is 10.7 Å². The minimum atomic E-state index is -4.46. The molecule has 0 fully saturated rings. The smallest absolute Gasteiger partial charge is 0.419 e. The molecule has 2 aromatic rings. The summed E-state index contributed by atoms with van der Waals surface area (Å²) in [5.41, 5.74) is 5.02. The van der Waals surface area contributed by atoms with Crippen LogP contribution in [0.5, 0.6) is 5.75 Å². The predicted molar refractivity (Wildman–Crippen MR) is 60.1 cm³/mol. The van der Waals surface area contributed by atoms with Gasteiger partial charge in [-0.3, -0.25) is 0 Å². The van der Waals surface area contributed by atoms with Gasteiger partial charge >= 0.3 is 6.18 Å². The van der Waals surface area contributed by atoms with Crippen LogP contribution in [0.15, 0.2) is 24.3 Å². The summed E-state index contributed by atoms with van der Waals surface area (Å²) in [7, 11) is 0. The van der Waals surface area contributed by atoms with Gasteiger partial charge in [-0.05, 0) is 12.1 Å². The van der Waals surface area contributed by atoms with Crippen molar-refractivity contribution in [1.29, 1.82) is 0 Å². The van der Waals surface area contributed by atoms with Gasteiger partial charge in [-0.1, -0.05) is 16.6 Å². The van der Waals surface area contributed by atoms with Crippen molar-refractivity contribution in [1.82, 2.24) is 9.59 Å². The molecule has 0 aliphatic carbocycles. The number of para-hydroxylation sites is 1. The van der Waals surface area contributed by atoms with Gasteiger partial charge in [0.25, 0.3) is 0 Å². The minimum Gasteiger partial charge on any atom is -0.486 e. The summed E-state index contributed by atoms with van der Waals surface area (Å²) < 4.78 is 46.7. The summed E-state index contributed by atoms with van der Waals surface area (Å²) in [4.78, 5) is 0. The van der Waals surface area contributed by atoms with E-state index in [9.17, 15) is 13.2 Å². The molecule has 8 heteroatoms. The lowest BCUT2D eigenvalue weighted by Gasteiger charge is -2.12. The zero-order chi connectivity index (χ0) is 13.2. The molecule has 0 aliphatic heterocycles. The van der Waals surface area contributed by atoms with E-state index in [1.807, 2.05) is 0 Å². The number of hydrogen-bond donors (Lipinski definition) is 1. The second-order valence-corrected chi connectivity index (χ2v) is 4.15. The van der Waals surface area contributed by atoms with Gasteiger partial charge in [0.05, 0.1) is 5.56 Å². The van der Waals surface area contributed by atoms with Gasteiger partial charge in [-0.2, -0.15) is 13.2 Å². The van der Waals surface area contributed by atoms with Crippen molar-refractivity contribution in [3.8, 4) is 5.75 Å². The van der Waals surface area contributed by atoms with Crippen molar-refractivity contribution in [3.63, 3.8) is 0 Å². The van der Waals surface area contributed by atoms with Crippen molar-refractivity contribution >= 4 is 16.5 Å². The average molecular weight is 275 g/mol. The molecule has 1 aromatic heterocycles. The molecule has 0 saturated heterocycles. The number of nitrogens with two attached hydrogens (primary N) is 1. The topological polar surface area (TPSA) is 61.0 Å². The molecule has 18 heavy (non-hydrogen) atoms. The van der Waals surface area contributed by atoms with Gasteiger partial charge in [0, 0.05) is 11.5 Å². The highest BCUT2D eigenvalue weighted by Gasteiger charge is 2.34. The largest absolute Gasteiger partial charge is 0.486 e. The zero-order valence-corrected chi connectivity index (χ0v) is 9.76. The first-order valence-electron chi connectivity index (χ1n) is 4.84. The summed E-state index contributed by atoms with van der Waals surface area (Å²) in [6.45, 7) is -0.143. The Bertz CT molecular complexity index is 541. The molecular formula is C10H8F3N3OS. The van der Waals surface area contributed by atoms with E-state index in [2.05, 4.69) is 9.59 Å². The summed E-state index contributed by atoms with van der Waals surface area (Å²) in [5.74, 6) is -0.252. The highest BCUT2D eigenvalue weighted by Crippen LogP contribution is 2.36. The number of benzene rings is 1. The Morgan fingerprint density at radius 1 is 1.28 bits per heavy atom. The SMILES string of the molecule is Nc1snnc1COc1ccccc1C(F)(F)F. The molecule has 1 aromatic carbocycles. The predicted octanol–water partition coefficient (Wildman–Crippen LogP) is 2.72. The molecule has 4 nitrogen and oxygen atoms in total. The molecular weight excluding hydrogens is 267 g/mol. The van der Waals surface area contributed by atoms with Gasteiger partial charge in [-0.15, -0.1) is 5.10 Å². The molecule has 0 amide bonds. The number of halogens is 3. The molecule has 0 radical (unpaired) electrons. The molecule has 0 aliphatic rings. The third kappa shape index (κ3) is 2.70. The van der Waals surface area contributed by atoms with Crippen molar-refractivity contribution in [2.24, 2.45) is 0 Å². The van der Waals surface area contributed by atoms with Crippen LogP contribution in [0, 0.1) is 0 Å². The summed E-state index contributed by atoms with van der Waals surface area (Å²) >= 11 is 0.964. The molecule has 1 heterocycles. The van der Waals surface area contributed by atoms with Crippen LogP contribution >= 0.6 is 11.5 Å². The number of alkyl halides is 3. The van der Waals surface area contributed by atoms with Crippen LogP contribution in [0.25, 0.3) is 0 Å². The van der Waals surface area contributed by atoms with E-state index in [-0.39, 0.29) is 12.4 Å². The first kappa shape index (κ1) is 12.6. The average Bonchev–Trinajstić information content (AvgIpc) is 2.71. The van der Waals surface area contributed by atoms with Crippen molar-refractivity contribution < 1.29 is 17.9 Å². The zero-order valence-electron chi connectivity index (χ0n) is 8.94. The van der Waals surface area contributed by atoms with Crippen LogP contribution in [0.1, 0.15) is 11.3 Å². The number of rotatable bonds is 3. The highest BCUT2D eigenvalue weighted by molar-refractivity contribution is 7.09. The van der Waals surface area contributed by atoms with Crippen molar-refractivity contribution in [2.75, 3.05) is 5.73 Å².